The second-order valence-electron chi connectivity index (χ2n) is 0.385. The monoisotopic (exact) mass is 331 g/mol. The van der Waals surface area contributed by atoms with Crippen LogP contribution in [0.4, 0.5) is 0 Å². The number of rotatable bonds is 0. The van der Waals surface area contributed by atoms with E-state index < -0.39 is 61.9 Å². The number of hydrogen-bond donors (Lipinski definition) is 0. The van der Waals surface area contributed by atoms with E-state index in [9.17, 15) is 0 Å². The van der Waals surface area contributed by atoms with Crippen molar-refractivity contribution >= 4 is 99.7 Å². The summed E-state index contributed by atoms with van der Waals surface area (Å²) < 4.78 is 67.7. The zero-order chi connectivity index (χ0) is 10.8. The first kappa shape index (κ1) is 36.0. The van der Waals surface area contributed by atoms with Gasteiger partial charge in [-0.25, -0.2) is 0 Å². The molecule has 1 radical (unpaired) electrons. The van der Waals surface area contributed by atoms with Crippen LogP contribution in [0.3, 0.4) is 0 Å². The van der Waals surface area contributed by atoms with Gasteiger partial charge in [0.25, 0.3) is 0 Å². The minimum atomic E-state index is -1.75. The predicted octanol–water partition coefficient (Wildman–Crippen LogP) is -7.14. The van der Waals surface area contributed by atoms with E-state index >= 15 is 0 Å². The van der Waals surface area contributed by atoms with E-state index in [4.69, 9.17) is 31.8 Å². The molecule has 0 aromatic carbocycles. The van der Waals surface area contributed by atoms with Gasteiger partial charge in [-0.05, 0) is 0 Å². The quantitative estimate of drug-likeness (QED) is 0.396. The summed E-state index contributed by atoms with van der Waals surface area (Å²) in [5, 5.41) is 0. The van der Waals surface area contributed by atoms with Crippen LogP contribution >= 0.6 is 0 Å². The third-order valence-corrected chi connectivity index (χ3v) is 0. The van der Waals surface area contributed by atoms with E-state index in [1.807, 2.05) is 0 Å². The van der Waals surface area contributed by atoms with E-state index in [2.05, 4.69) is 0 Å². The normalized spacial score (nSPS) is 2.29. The summed E-state index contributed by atoms with van der Waals surface area (Å²) in [6.45, 7) is 0. The topological polar surface area (TPSA) is 161 Å². The molecule has 0 aliphatic carbocycles. The Morgan fingerprint density at radius 3 is 0.571 bits per heavy atom. The molecule has 0 unspecified atom stereocenters. The fourth-order valence-electron chi connectivity index (χ4n) is 0. The molecule has 0 spiro atoms. The molecule has 0 aromatic rings. The van der Waals surface area contributed by atoms with Gasteiger partial charge < -0.3 is 0 Å². The second kappa shape index (κ2) is 78.7. The molecule has 8 nitrogen and oxygen atoms in total. The van der Waals surface area contributed by atoms with Crippen LogP contribution in [0.1, 0.15) is 0 Å². The van der Waals surface area contributed by atoms with Crippen molar-refractivity contribution in [3.63, 3.8) is 0 Å². The van der Waals surface area contributed by atoms with Crippen molar-refractivity contribution in [2.75, 3.05) is 0 Å². The average Bonchev–Trinajstić information content (AvgIpc) is 1.92. The van der Waals surface area contributed by atoms with Gasteiger partial charge in [0.1, 0.15) is 0 Å². The van der Waals surface area contributed by atoms with Crippen molar-refractivity contribution in [2.24, 2.45) is 0 Å². The molecule has 69 valence electrons. The van der Waals surface area contributed by atoms with Crippen LogP contribution in [0.25, 0.3) is 0 Å². The Labute approximate surface area is 146 Å². The molecule has 0 N–H and O–H groups in total. The van der Waals surface area contributed by atoms with Gasteiger partial charge in [0, 0.05) is 0 Å². The van der Waals surface area contributed by atoms with Crippen LogP contribution in [0.15, 0.2) is 0 Å². The van der Waals surface area contributed by atoms with E-state index in [1.54, 1.807) is 0 Å². The van der Waals surface area contributed by atoms with Crippen molar-refractivity contribution in [1.82, 2.24) is 0 Å². The van der Waals surface area contributed by atoms with Crippen LogP contribution in [0, 0.1) is 0 Å². The van der Waals surface area contributed by atoms with E-state index in [1.165, 1.54) is 0 Å². The molecule has 0 rings (SSSR count). The summed E-state index contributed by atoms with van der Waals surface area (Å²) in [7, 11) is 0. The molecule has 0 saturated heterocycles. The third kappa shape index (κ3) is 475. The molecule has 14 heavy (non-hydrogen) atoms. The Bertz CT molecular complexity index is 75.3. The van der Waals surface area contributed by atoms with Crippen LogP contribution in [0.2, 0.25) is 0 Å². The Morgan fingerprint density at radius 1 is 0.571 bits per heavy atom. The first-order chi connectivity index (χ1) is 5.66. The van der Waals surface area contributed by atoms with Crippen LogP contribution in [-0.2, 0) is 32.3 Å². The van der Waals surface area contributed by atoms with Gasteiger partial charge >= 0.3 is 149 Å². The maximum absolute atomic E-state index is 8.46. The zero-order valence-electron chi connectivity index (χ0n) is 6.66. The fourth-order valence-corrected chi connectivity index (χ4v) is 0. The standard InChI is InChI=1S/4Al.Ca.Mn.8O/q;;;;2*+2;;;;;4*-1. The molecule has 0 amide bonds. The van der Waals surface area contributed by atoms with Gasteiger partial charge in [-0.15, -0.1) is 0 Å². The van der Waals surface area contributed by atoms with Gasteiger partial charge in [-0.1, -0.05) is 0 Å². The zero-order valence-corrected chi connectivity index (χ0v) is 14.7. The maximum atomic E-state index is 8.46. The molecule has 0 heterocycles. The van der Waals surface area contributed by atoms with E-state index in [0.717, 1.165) is 0 Å². The Morgan fingerprint density at radius 2 is 0.571 bits per heavy atom. The van der Waals surface area contributed by atoms with Gasteiger partial charge in [0.2, 0.25) is 0 Å². The van der Waals surface area contributed by atoms with Crippen LogP contribution in [-0.4, -0.2) is 99.7 Å². The molecule has 0 aromatic heterocycles. The van der Waals surface area contributed by atoms with Crippen molar-refractivity contribution in [3.8, 4) is 0 Å². The predicted molar refractivity (Wildman–Crippen MR) is 31.5 cm³/mol. The Balaban J connectivity index is -0.0000000145. The minimum absolute atomic E-state index is 0. The third-order valence-electron chi connectivity index (χ3n) is 0. The van der Waals surface area contributed by atoms with Crippen LogP contribution < -0.4 is 16.6 Å². The molecular weight excluding hydrogens is 331 g/mol. The fraction of sp³-hybridized carbons (Fsp3) is 0. The van der Waals surface area contributed by atoms with Gasteiger partial charge in [0.05, 0.1) is 0 Å². The summed E-state index contributed by atoms with van der Waals surface area (Å²) in [6, 6.07) is 0. The van der Waals surface area contributed by atoms with Gasteiger partial charge in [-0.3, -0.25) is 0 Å². The Kier molecular flexibility index (Phi) is 202. The molecular formula is Al4CaMnO8. The summed E-state index contributed by atoms with van der Waals surface area (Å²) in [5.74, 6) is 0. The number of hydrogen-bond acceptors (Lipinski definition) is 8. The van der Waals surface area contributed by atoms with Crippen molar-refractivity contribution in [3.05, 3.63) is 0 Å². The summed E-state index contributed by atoms with van der Waals surface area (Å²) >= 11 is -7.00. The van der Waals surface area contributed by atoms with Crippen molar-refractivity contribution in [1.29, 1.82) is 0 Å². The molecule has 0 aliphatic rings. The van der Waals surface area contributed by atoms with Crippen molar-refractivity contribution < 1.29 is 48.9 Å². The molecule has 0 atom stereocenters. The first-order valence-corrected chi connectivity index (χ1v) is 5.66. The van der Waals surface area contributed by atoms with Gasteiger partial charge in [-0.2, -0.15) is 0 Å². The van der Waals surface area contributed by atoms with E-state index in [0.29, 0.717) is 0 Å². The second-order valence-corrected chi connectivity index (χ2v) is 1.15. The molecule has 0 fully saturated rings. The SMILES string of the molecule is [Ca+2].[Mn+2].[O]=[Al][O-].[O]=[Al][O-].[O]=[Al][O-].[O]=[Al][O-]. The van der Waals surface area contributed by atoms with E-state index in [-0.39, 0.29) is 54.8 Å². The molecule has 0 bridgehead atoms. The van der Waals surface area contributed by atoms with Crippen molar-refractivity contribution in [2.45, 2.75) is 0 Å². The molecule has 0 aliphatic heterocycles. The van der Waals surface area contributed by atoms with Gasteiger partial charge in [0.15, 0.2) is 0 Å². The average molecular weight is 331 g/mol. The first-order valence-electron chi connectivity index (χ1n) is 1.89. The molecule has 14 heteroatoms. The Hall–Kier alpha value is 2.31. The van der Waals surface area contributed by atoms with Crippen LogP contribution in [0.5, 0.6) is 0 Å². The molecule has 0 saturated carbocycles. The summed E-state index contributed by atoms with van der Waals surface area (Å²) in [4.78, 5) is 0. The summed E-state index contributed by atoms with van der Waals surface area (Å²) in [6.07, 6.45) is 0. The summed E-state index contributed by atoms with van der Waals surface area (Å²) in [5.41, 5.74) is 0.